The molecule has 116 valence electrons. The Morgan fingerprint density at radius 1 is 1.36 bits per heavy atom. The summed E-state index contributed by atoms with van der Waals surface area (Å²) in [6.45, 7) is 3.92. The van der Waals surface area contributed by atoms with Gasteiger partial charge >= 0.3 is 0 Å². The van der Waals surface area contributed by atoms with Crippen LogP contribution in [0.15, 0.2) is 18.2 Å². The zero-order valence-electron chi connectivity index (χ0n) is 12.6. The predicted octanol–water partition coefficient (Wildman–Crippen LogP) is 4.31. The number of carbonyl (C=O) groups is 1. The van der Waals surface area contributed by atoms with Gasteiger partial charge in [0.25, 0.3) is 0 Å². The maximum Gasteiger partial charge on any atom is 0.225 e. The molecule has 2 atom stereocenters. The number of aromatic nitrogens is 1. The summed E-state index contributed by atoms with van der Waals surface area (Å²) in [5, 5.41) is 1.94. The second-order valence-corrected chi connectivity index (χ2v) is 8.08. The maximum atomic E-state index is 12.3. The lowest BCUT2D eigenvalue weighted by molar-refractivity contribution is -0.133. The third-order valence-electron chi connectivity index (χ3n) is 4.95. The predicted molar refractivity (Wildman–Crippen MR) is 90.5 cm³/mol. The fourth-order valence-electron chi connectivity index (χ4n) is 3.34. The van der Waals surface area contributed by atoms with Crippen molar-refractivity contribution in [1.29, 1.82) is 0 Å². The first-order chi connectivity index (χ1) is 10.6. The number of amides is 1. The van der Waals surface area contributed by atoms with E-state index in [2.05, 4.69) is 11.8 Å². The van der Waals surface area contributed by atoms with Crippen molar-refractivity contribution in [2.75, 3.05) is 13.1 Å². The van der Waals surface area contributed by atoms with Crippen molar-refractivity contribution in [2.24, 2.45) is 11.8 Å². The number of likely N-dealkylation sites (tertiary alicyclic amines) is 1. The van der Waals surface area contributed by atoms with Gasteiger partial charge < -0.3 is 4.90 Å². The van der Waals surface area contributed by atoms with Crippen molar-refractivity contribution in [3.63, 3.8) is 0 Å². The van der Waals surface area contributed by atoms with Gasteiger partial charge in [-0.2, -0.15) is 0 Å². The van der Waals surface area contributed by atoms with Crippen LogP contribution in [0.25, 0.3) is 10.2 Å². The molecule has 2 heterocycles. The van der Waals surface area contributed by atoms with Crippen LogP contribution in [0, 0.1) is 11.8 Å². The summed E-state index contributed by atoms with van der Waals surface area (Å²) < 4.78 is 1.20. The minimum Gasteiger partial charge on any atom is -0.342 e. The maximum absolute atomic E-state index is 12.3. The fourth-order valence-corrected chi connectivity index (χ4v) is 4.62. The van der Waals surface area contributed by atoms with E-state index in [-0.39, 0.29) is 0 Å². The lowest BCUT2D eigenvalue weighted by Crippen LogP contribution is -2.39. The van der Waals surface area contributed by atoms with E-state index in [1.165, 1.54) is 9.71 Å². The molecule has 2 fully saturated rings. The van der Waals surface area contributed by atoms with Crippen LogP contribution in [0.5, 0.6) is 0 Å². The molecule has 1 aromatic heterocycles. The first kappa shape index (κ1) is 14.5. The van der Waals surface area contributed by atoms with Crippen LogP contribution in [-0.2, 0) is 4.79 Å². The first-order valence-corrected chi connectivity index (χ1v) is 9.16. The molecule has 2 aliphatic rings. The molecule has 0 radical (unpaired) electrons. The molecule has 0 N–H and O–H groups in total. The number of benzene rings is 1. The monoisotopic (exact) mass is 334 g/mol. The molecule has 0 spiro atoms. The molecule has 1 aliphatic carbocycles. The summed E-state index contributed by atoms with van der Waals surface area (Å²) >= 11 is 7.80. The molecule has 1 aromatic carbocycles. The van der Waals surface area contributed by atoms with E-state index in [0.717, 1.165) is 42.9 Å². The molecule has 3 nitrogen and oxygen atoms in total. The van der Waals surface area contributed by atoms with Crippen LogP contribution in [0.4, 0.5) is 0 Å². The molecule has 1 saturated heterocycles. The Bertz CT molecular complexity index is 721. The van der Waals surface area contributed by atoms with Gasteiger partial charge in [0, 0.05) is 29.9 Å². The quantitative estimate of drug-likeness (QED) is 0.819. The van der Waals surface area contributed by atoms with Crippen molar-refractivity contribution in [2.45, 2.75) is 32.1 Å². The summed E-state index contributed by atoms with van der Waals surface area (Å²) in [4.78, 5) is 19.1. The van der Waals surface area contributed by atoms with Gasteiger partial charge in [-0.15, -0.1) is 11.3 Å². The summed E-state index contributed by atoms with van der Waals surface area (Å²) in [7, 11) is 0. The lowest BCUT2D eigenvalue weighted by Gasteiger charge is -2.31. The molecule has 1 aliphatic heterocycles. The highest BCUT2D eigenvalue weighted by Gasteiger charge is 2.42. The molecule has 0 bridgehead atoms. The van der Waals surface area contributed by atoms with Gasteiger partial charge in [-0.1, -0.05) is 18.5 Å². The number of nitrogens with zero attached hydrogens (tertiary/aromatic N) is 2. The molecule has 5 heteroatoms. The number of fused-ring (bicyclic) bond motifs is 1. The lowest BCUT2D eigenvalue weighted by atomic mass is 9.97. The smallest absolute Gasteiger partial charge is 0.225 e. The van der Waals surface area contributed by atoms with Crippen LogP contribution >= 0.6 is 22.9 Å². The van der Waals surface area contributed by atoms with Crippen molar-refractivity contribution in [1.82, 2.24) is 9.88 Å². The topological polar surface area (TPSA) is 33.2 Å². The van der Waals surface area contributed by atoms with Crippen molar-refractivity contribution in [3.8, 4) is 0 Å². The average Bonchev–Trinajstić information content (AvgIpc) is 3.10. The van der Waals surface area contributed by atoms with Crippen LogP contribution in [-0.4, -0.2) is 28.9 Å². The van der Waals surface area contributed by atoms with Crippen molar-refractivity contribution < 1.29 is 4.79 Å². The van der Waals surface area contributed by atoms with Gasteiger partial charge in [-0.3, -0.25) is 4.79 Å². The fraction of sp³-hybridized carbons (Fsp3) is 0.529. The number of halogens is 1. The van der Waals surface area contributed by atoms with Crippen LogP contribution < -0.4 is 0 Å². The first-order valence-electron chi connectivity index (χ1n) is 7.96. The van der Waals surface area contributed by atoms with E-state index in [4.69, 9.17) is 16.6 Å². The van der Waals surface area contributed by atoms with E-state index >= 15 is 0 Å². The molecule has 2 aromatic rings. The second-order valence-electron chi connectivity index (χ2n) is 6.58. The highest BCUT2D eigenvalue weighted by atomic mass is 35.5. The van der Waals surface area contributed by atoms with Crippen molar-refractivity contribution in [3.05, 3.63) is 28.2 Å². The van der Waals surface area contributed by atoms with Gasteiger partial charge in [0.15, 0.2) is 0 Å². The number of piperidine rings is 1. The Labute approximate surface area is 139 Å². The van der Waals surface area contributed by atoms with E-state index in [9.17, 15) is 4.79 Å². The molecular formula is C17H19ClN2OS. The van der Waals surface area contributed by atoms with Crippen LogP contribution in [0.1, 0.15) is 37.1 Å². The zero-order valence-corrected chi connectivity index (χ0v) is 14.2. The highest BCUT2D eigenvalue weighted by molar-refractivity contribution is 7.18. The molecular weight excluding hydrogens is 316 g/mol. The third-order valence-corrected chi connectivity index (χ3v) is 6.38. The third kappa shape index (κ3) is 2.63. The molecule has 22 heavy (non-hydrogen) atoms. The number of hydrogen-bond donors (Lipinski definition) is 0. The molecule has 4 rings (SSSR count). The van der Waals surface area contributed by atoms with Gasteiger partial charge in [-0.25, -0.2) is 4.98 Å². The standard InChI is InChI=1S/C17H19ClN2OS/c1-10-8-13(10)17(21)20-6-4-11(5-7-20)16-19-14-9-12(18)2-3-15(14)22-16/h2-3,9-11,13H,4-8H2,1H3/t10-,13+/m0/s1. The Morgan fingerprint density at radius 3 is 2.77 bits per heavy atom. The number of rotatable bonds is 2. The largest absolute Gasteiger partial charge is 0.342 e. The van der Waals surface area contributed by atoms with E-state index < -0.39 is 0 Å². The molecule has 0 unspecified atom stereocenters. The van der Waals surface area contributed by atoms with Crippen molar-refractivity contribution >= 4 is 39.1 Å². The van der Waals surface area contributed by atoms with Crippen LogP contribution in [0.3, 0.4) is 0 Å². The highest BCUT2D eigenvalue weighted by Crippen LogP contribution is 2.41. The van der Waals surface area contributed by atoms with E-state index in [1.54, 1.807) is 11.3 Å². The number of hydrogen-bond acceptors (Lipinski definition) is 3. The summed E-state index contributed by atoms with van der Waals surface area (Å²) in [6, 6.07) is 5.90. The van der Waals surface area contributed by atoms with Gasteiger partial charge in [0.1, 0.15) is 0 Å². The van der Waals surface area contributed by atoms with Gasteiger partial charge in [0.05, 0.1) is 15.2 Å². The summed E-state index contributed by atoms with van der Waals surface area (Å²) in [5.41, 5.74) is 0.998. The van der Waals surface area contributed by atoms with Crippen LogP contribution in [0.2, 0.25) is 5.02 Å². The zero-order chi connectivity index (χ0) is 15.3. The Balaban J connectivity index is 1.45. The molecule has 1 saturated carbocycles. The minimum atomic E-state index is 0.307. The summed E-state index contributed by atoms with van der Waals surface area (Å²) in [6.07, 6.45) is 3.14. The second kappa shape index (κ2) is 5.50. The minimum absolute atomic E-state index is 0.307. The van der Waals surface area contributed by atoms with E-state index in [0.29, 0.717) is 23.7 Å². The Morgan fingerprint density at radius 2 is 2.09 bits per heavy atom. The average molecular weight is 335 g/mol. The van der Waals surface area contributed by atoms with E-state index in [1.807, 2.05) is 18.2 Å². The normalized spacial score (nSPS) is 25.6. The number of thiazole rings is 1. The number of carbonyl (C=O) groups excluding carboxylic acids is 1. The Hall–Kier alpha value is -1.13. The van der Waals surface area contributed by atoms with Gasteiger partial charge in [0.2, 0.25) is 5.91 Å². The Kier molecular flexibility index (Phi) is 3.61. The van der Waals surface area contributed by atoms with Gasteiger partial charge in [-0.05, 0) is 43.4 Å². The molecule has 1 amide bonds. The summed E-state index contributed by atoms with van der Waals surface area (Å²) in [5.74, 6) is 1.76. The SMILES string of the molecule is C[C@H]1C[C@H]1C(=O)N1CCC(c2nc3cc(Cl)ccc3s2)CC1.